The summed E-state index contributed by atoms with van der Waals surface area (Å²) in [5, 5.41) is 0. The smallest absolute Gasteiger partial charge is 0.310 e. The highest BCUT2D eigenvalue weighted by Crippen LogP contribution is 2.13. The molecule has 0 rings (SSSR count). The predicted molar refractivity (Wildman–Crippen MR) is 142 cm³/mol. The van der Waals surface area contributed by atoms with Crippen molar-refractivity contribution in [2.24, 2.45) is 0 Å². The van der Waals surface area contributed by atoms with Crippen molar-refractivity contribution in [2.75, 3.05) is 0 Å². The maximum Gasteiger partial charge on any atom is 0.310 e. The molecule has 0 aliphatic rings. The van der Waals surface area contributed by atoms with Crippen molar-refractivity contribution in [1.82, 2.24) is 0 Å². The lowest BCUT2D eigenvalue weighted by molar-refractivity contribution is -0.138. The van der Waals surface area contributed by atoms with E-state index in [1.54, 1.807) is 6.26 Å². The summed E-state index contributed by atoms with van der Waals surface area (Å²) in [5.74, 6) is -0.0631. The molecule has 0 unspecified atom stereocenters. The predicted octanol–water partition coefficient (Wildman–Crippen LogP) is 10.8. The Kier molecular flexibility index (Phi) is 27.5. The number of hydrogen-bond acceptors (Lipinski definition) is 2. The first-order valence-electron chi connectivity index (χ1n) is 14.7. The molecular formula is C30H58O2. The van der Waals surface area contributed by atoms with Gasteiger partial charge in [-0.1, -0.05) is 149 Å². The van der Waals surface area contributed by atoms with E-state index in [0.717, 1.165) is 19.3 Å². The highest BCUT2D eigenvalue weighted by molar-refractivity contribution is 5.69. The molecule has 32 heavy (non-hydrogen) atoms. The van der Waals surface area contributed by atoms with E-state index in [2.05, 4.69) is 13.8 Å². The Bertz CT molecular complexity index is 388. The second kappa shape index (κ2) is 28.2. The van der Waals surface area contributed by atoms with Crippen LogP contribution in [0.2, 0.25) is 0 Å². The zero-order valence-corrected chi connectivity index (χ0v) is 22.1. The lowest BCUT2D eigenvalue weighted by Gasteiger charge is -2.03. The molecule has 0 aromatic rings. The first-order chi connectivity index (χ1) is 15.8. The van der Waals surface area contributed by atoms with Crippen molar-refractivity contribution in [2.45, 2.75) is 174 Å². The van der Waals surface area contributed by atoms with E-state index in [1.807, 2.05) is 6.08 Å². The minimum atomic E-state index is -0.0631. The molecule has 0 saturated carbocycles. The molecule has 0 amide bonds. The summed E-state index contributed by atoms with van der Waals surface area (Å²) in [6.07, 6.45) is 36.2. The summed E-state index contributed by atoms with van der Waals surface area (Å²) in [4.78, 5) is 11.8. The van der Waals surface area contributed by atoms with Crippen molar-refractivity contribution in [3.05, 3.63) is 12.3 Å². The molecule has 0 N–H and O–H groups in total. The van der Waals surface area contributed by atoms with Gasteiger partial charge in [-0.2, -0.15) is 0 Å². The lowest BCUT2D eigenvalue weighted by Crippen LogP contribution is -1.98. The second-order valence-corrected chi connectivity index (χ2v) is 9.82. The van der Waals surface area contributed by atoms with E-state index < -0.39 is 0 Å². The van der Waals surface area contributed by atoms with Gasteiger partial charge in [-0.25, -0.2) is 0 Å². The van der Waals surface area contributed by atoms with Gasteiger partial charge in [-0.05, 0) is 25.3 Å². The lowest BCUT2D eigenvalue weighted by atomic mass is 10.0. The molecule has 0 bridgehead atoms. The Morgan fingerprint density at radius 2 is 0.844 bits per heavy atom. The van der Waals surface area contributed by atoms with Crippen molar-refractivity contribution >= 4 is 5.97 Å². The van der Waals surface area contributed by atoms with Gasteiger partial charge in [0, 0.05) is 6.42 Å². The monoisotopic (exact) mass is 450 g/mol. The first kappa shape index (κ1) is 31.2. The van der Waals surface area contributed by atoms with Gasteiger partial charge in [0.1, 0.15) is 0 Å². The van der Waals surface area contributed by atoms with E-state index >= 15 is 0 Å². The van der Waals surface area contributed by atoms with Gasteiger partial charge >= 0.3 is 5.97 Å². The number of rotatable bonds is 26. The molecule has 0 fully saturated rings. The number of ether oxygens (including phenoxy) is 1. The molecule has 0 aromatic carbocycles. The summed E-state index contributed by atoms with van der Waals surface area (Å²) in [5.41, 5.74) is 0. The third kappa shape index (κ3) is 27.2. The third-order valence-corrected chi connectivity index (χ3v) is 6.50. The second-order valence-electron chi connectivity index (χ2n) is 9.82. The van der Waals surface area contributed by atoms with Crippen LogP contribution >= 0.6 is 0 Å². The number of unbranched alkanes of at least 4 members (excludes halogenated alkanes) is 22. The van der Waals surface area contributed by atoms with Gasteiger partial charge in [-0.3, -0.25) is 4.79 Å². The highest BCUT2D eigenvalue weighted by atomic mass is 16.5. The Morgan fingerprint density at radius 3 is 1.25 bits per heavy atom. The number of carbonyl (C=O) groups is 1. The Balaban J connectivity index is 3.22. The molecule has 190 valence electrons. The average molecular weight is 451 g/mol. The topological polar surface area (TPSA) is 26.3 Å². The van der Waals surface area contributed by atoms with Gasteiger partial charge in [0.25, 0.3) is 0 Å². The average Bonchev–Trinajstić information content (AvgIpc) is 2.80. The number of carbonyl (C=O) groups excluding carboxylic acids is 1. The van der Waals surface area contributed by atoms with Crippen LogP contribution in [0.15, 0.2) is 12.3 Å². The van der Waals surface area contributed by atoms with E-state index in [0.29, 0.717) is 6.42 Å². The van der Waals surface area contributed by atoms with Gasteiger partial charge in [0.2, 0.25) is 0 Å². The molecule has 0 saturated heterocycles. The van der Waals surface area contributed by atoms with Crippen LogP contribution < -0.4 is 0 Å². The molecule has 0 aromatic heterocycles. The maximum atomic E-state index is 11.8. The molecule has 0 radical (unpaired) electrons. The van der Waals surface area contributed by atoms with Crippen LogP contribution in [0.5, 0.6) is 0 Å². The van der Waals surface area contributed by atoms with Crippen LogP contribution in [0.1, 0.15) is 174 Å². The number of hydrogen-bond donors (Lipinski definition) is 0. The molecule has 0 aliphatic heterocycles. The Labute approximate surface area is 202 Å². The van der Waals surface area contributed by atoms with Crippen LogP contribution in [0.25, 0.3) is 0 Å². The zero-order chi connectivity index (χ0) is 23.4. The van der Waals surface area contributed by atoms with E-state index in [4.69, 9.17) is 4.74 Å². The first-order valence-corrected chi connectivity index (χ1v) is 14.7. The highest BCUT2D eigenvalue weighted by Gasteiger charge is 2.00. The van der Waals surface area contributed by atoms with Crippen molar-refractivity contribution in [3.63, 3.8) is 0 Å². The molecule has 0 spiro atoms. The van der Waals surface area contributed by atoms with E-state index in [-0.39, 0.29) is 5.97 Å². The van der Waals surface area contributed by atoms with Crippen molar-refractivity contribution in [1.29, 1.82) is 0 Å². The summed E-state index contributed by atoms with van der Waals surface area (Å²) < 4.78 is 5.22. The van der Waals surface area contributed by atoms with Gasteiger partial charge < -0.3 is 4.74 Å². The Hall–Kier alpha value is -0.790. The molecule has 2 heteroatoms. The fourth-order valence-electron chi connectivity index (χ4n) is 4.29. The minimum absolute atomic E-state index is 0.0631. The van der Waals surface area contributed by atoms with Gasteiger partial charge in [0.05, 0.1) is 6.26 Å². The van der Waals surface area contributed by atoms with Gasteiger partial charge in [0.15, 0.2) is 0 Å². The zero-order valence-electron chi connectivity index (χ0n) is 22.1. The summed E-state index contributed by atoms with van der Waals surface area (Å²) >= 11 is 0. The minimum Gasteiger partial charge on any atom is -0.435 e. The normalized spacial score (nSPS) is 11.4. The van der Waals surface area contributed by atoms with Gasteiger partial charge in [-0.15, -0.1) is 0 Å². The fourth-order valence-corrected chi connectivity index (χ4v) is 4.29. The summed E-state index contributed by atoms with van der Waals surface area (Å²) in [7, 11) is 0. The number of allylic oxidation sites excluding steroid dienone is 1. The SMILES string of the molecule is CCCCCCCCCCCCCCC=COC(=O)CCCCCCCCCCCCC. The molecule has 2 nitrogen and oxygen atoms in total. The van der Waals surface area contributed by atoms with Crippen molar-refractivity contribution < 1.29 is 9.53 Å². The number of esters is 1. The van der Waals surface area contributed by atoms with Crippen LogP contribution in [-0.4, -0.2) is 5.97 Å². The Morgan fingerprint density at radius 1 is 0.500 bits per heavy atom. The van der Waals surface area contributed by atoms with E-state index in [9.17, 15) is 4.79 Å². The summed E-state index contributed by atoms with van der Waals surface area (Å²) in [6.45, 7) is 4.55. The summed E-state index contributed by atoms with van der Waals surface area (Å²) in [6, 6.07) is 0. The van der Waals surface area contributed by atoms with Crippen LogP contribution in [0.3, 0.4) is 0 Å². The largest absolute Gasteiger partial charge is 0.435 e. The fraction of sp³-hybridized carbons (Fsp3) is 0.900. The molecule has 0 atom stereocenters. The van der Waals surface area contributed by atoms with E-state index in [1.165, 1.54) is 135 Å². The van der Waals surface area contributed by atoms with Crippen LogP contribution in [0.4, 0.5) is 0 Å². The molecule has 0 aliphatic carbocycles. The van der Waals surface area contributed by atoms with Crippen LogP contribution in [-0.2, 0) is 9.53 Å². The molecular weight excluding hydrogens is 392 g/mol. The van der Waals surface area contributed by atoms with Crippen molar-refractivity contribution in [3.8, 4) is 0 Å². The standard InChI is InChI=1S/C30H58O2/c1-3-5-7-9-11-13-15-16-17-19-21-23-25-27-29-32-30(31)28-26-24-22-20-18-14-12-10-8-6-4-2/h27,29H,3-26,28H2,1-2H3. The molecule has 0 heterocycles. The van der Waals surface area contributed by atoms with Crippen LogP contribution in [0, 0.1) is 0 Å². The third-order valence-electron chi connectivity index (χ3n) is 6.50. The maximum absolute atomic E-state index is 11.8. The quantitative estimate of drug-likeness (QED) is 0.0743.